The summed E-state index contributed by atoms with van der Waals surface area (Å²) in [6.45, 7) is 13.1. The Kier molecular flexibility index (Phi) is 10.4. The van der Waals surface area contributed by atoms with E-state index in [1.54, 1.807) is 0 Å². The van der Waals surface area contributed by atoms with Crippen molar-refractivity contribution in [2.24, 2.45) is 5.92 Å². The normalized spacial score (nSPS) is 19.4. The first-order valence-corrected chi connectivity index (χ1v) is 7.95. The van der Waals surface area contributed by atoms with Crippen LogP contribution in [0.5, 0.6) is 0 Å². The molecule has 1 saturated heterocycles. The molecule has 0 aromatic heterocycles. The molecule has 1 rings (SSSR count). The van der Waals surface area contributed by atoms with Crippen LogP contribution in [0.25, 0.3) is 0 Å². The Morgan fingerprint density at radius 3 is 2.26 bits per heavy atom. The monoisotopic (exact) mass is 272 g/mol. The molecule has 19 heavy (non-hydrogen) atoms. The van der Waals surface area contributed by atoms with Crippen LogP contribution in [0.15, 0.2) is 0 Å². The van der Waals surface area contributed by atoms with Crippen LogP contribution in [-0.2, 0) is 9.47 Å². The van der Waals surface area contributed by atoms with Crippen LogP contribution < -0.4 is 5.32 Å². The Balaban J connectivity index is 2.10. The molecule has 1 aliphatic rings. The van der Waals surface area contributed by atoms with Crippen molar-refractivity contribution in [3.05, 3.63) is 0 Å². The standard InChI is InChI=1S/C15H32N2O2/c1-3-18-12-10-17(11-13-19-4-2)9-5-6-15-7-8-16-14-15/h15-16H,3-14H2,1-2H3. The third-order valence-electron chi connectivity index (χ3n) is 3.76. The zero-order valence-corrected chi connectivity index (χ0v) is 12.8. The van der Waals surface area contributed by atoms with E-state index in [-0.39, 0.29) is 0 Å². The molecule has 1 fully saturated rings. The van der Waals surface area contributed by atoms with Gasteiger partial charge in [0, 0.05) is 26.3 Å². The lowest BCUT2D eigenvalue weighted by atomic mass is 10.0. The molecule has 0 aliphatic carbocycles. The average Bonchev–Trinajstić information content (AvgIpc) is 2.92. The fourth-order valence-electron chi connectivity index (χ4n) is 2.58. The maximum atomic E-state index is 5.46. The number of nitrogens with zero attached hydrogens (tertiary/aromatic N) is 1. The van der Waals surface area contributed by atoms with E-state index in [1.165, 1.54) is 38.9 Å². The van der Waals surface area contributed by atoms with E-state index >= 15 is 0 Å². The number of hydrogen-bond acceptors (Lipinski definition) is 4. The van der Waals surface area contributed by atoms with E-state index in [9.17, 15) is 0 Å². The van der Waals surface area contributed by atoms with Crippen molar-refractivity contribution in [2.75, 3.05) is 59.2 Å². The Bertz CT molecular complexity index is 187. The van der Waals surface area contributed by atoms with Crippen LogP contribution in [0, 0.1) is 5.92 Å². The Labute approximate surface area is 118 Å². The van der Waals surface area contributed by atoms with Gasteiger partial charge >= 0.3 is 0 Å². The summed E-state index contributed by atoms with van der Waals surface area (Å²) < 4.78 is 10.9. The smallest absolute Gasteiger partial charge is 0.0593 e. The summed E-state index contributed by atoms with van der Waals surface area (Å²) in [5.74, 6) is 0.903. The van der Waals surface area contributed by atoms with Gasteiger partial charge in [-0.2, -0.15) is 0 Å². The Morgan fingerprint density at radius 1 is 1.05 bits per heavy atom. The van der Waals surface area contributed by atoms with Crippen molar-refractivity contribution in [3.8, 4) is 0 Å². The van der Waals surface area contributed by atoms with Crippen LogP contribution in [0.3, 0.4) is 0 Å². The highest BCUT2D eigenvalue weighted by Crippen LogP contribution is 2.14. The van der Waals surface area contributed by atoms with E-state index in [4.69, 9.17) is 9.47 Å². The SMILES string of the molecule is CCOCCN(CCCC1CCNC1)CCOCC. The van der Waals surface area contributed by atoms with E-state index < -0.39 is 0 Å². The second-order valence-electron chi connectivity index (χ2n) is 5.24. The van der Waals surface area contributed by atoms with Crippen molar-refractivity contribution < 1.29 is 9.47 Å². The van der Waals surface area contributed by atoms with E-state index in [1.807, 2.05) is 0 Å². The maximum absolute atomic E-state index is 5.46. The molecule has 4 nitrogen and oxygen atoms in total. The topological polar surface area (TPSA) is 33.7 Å². The van der Waals surface area contributed by atoms with Gasteiger partial charge in [0.2, 0.25) is 0 Å². The summed E-state index contributed by atoms with van der Waals surface area (Å²) >= 11 is 0. The van der Waals surface area contributed by atoms with Gasteiger partial charge in [0.25, 0.3) is 0 Å². The first-order chi connectivity index (χ1) is 9.36. The predicted molar refractivity (Wildman–Crippen MR) is 79.6 cm³/mol. The van der Waals surface area contributed by atoms with Gasteiger partial charge in [0.05, 0.1) is 13.2 Å². The summed E-state index contributed by atoms with van der Waals surface area (Å²) in [6.07, 6.45) is 4.01. The predicted octanol–water partition coefficient (Wildman–Crippen LogP) is 1.75. The second-order valence-corrected chi connectivity index (χ2v) is 5.24. The molecule has 0 bridgehead atoms. The summed E-state index contributed by atoms with van der Waals surface area (Å²) in [6, 6.07) is 0. The molecular weight excluding hydrogens is 240 g/mol. The van der Waals surface area contributed by atoms with Crippen LogP contribution in [0.1, 0.15) is 33.1 Å². The van der Waals surface area contributed by atoms with Crippen molar-refractivity contribution in [2.45, 2.75) is 33.1 Å². The highest BCUT2D eigenvalue weighted by molar-refractivity contribution is 4.71. The van der Waals surface area contributed by atoms with Crippen LogP contribution >= 0.6 is 0 Å². The molecule has 0 amide bonds. The molecule has 1 unspecified atom stereocenters. The zero-order chi connectivity index (χ0) is 13.8. The average molecular weight is 272 g/mol. The lowest BCUT2D eigenvalue weighted by Gasteiger charge is -2.22. The molecule has 0 spiro atoms. The molecule has 0 saturated carbocycles. The van der Waals surface area contributed by atoms with Gasteiger partial charge in [0.15, 0.2) is 0 Å². The molecule has 114 valence electrons. The Hall–Kier alpha value is -0.160. The molecule has 1 heterocycles. The highest BCUT2D eigenvalue weighted by atomic mass is 16.5. The highest BCUT2D eigenvalue weighted by Gasteiger charge is 2.14. The van der Waals surface area contributed by atoms with E-state index in [0.29, 0.717) is 0 Å². The van der Waals surface area contributed by atoms with Gasteiger partial charge in [0.1, 0.15) is 0 Å². The van der Waals surface area contributed by atoms with Crippen molar-refractivity contribution in [1.29, 1.82) is 0 Å². The first-order valence-electron chi connectivity index (χ1n) is 7.95. The van der Waals surface area contributed by atoms with Crippen molar-refractivity contribution in [3.63, 3.8) is 0 Å². The minimum absolute atomic E-state index is 0.813. The molecule has 0 aromatic carbocycles. The minimum Gasteiger partial charge on any atom is -0.380 e. The quantitative estimate of drug-likeness (QED) is 0.549. The summed E-state index contributed by atoms with van der Waals surface area (Å²) in [4.78, 5) is 2.48. The lowest BCUT2D eigenvalue weighted by Crippen LogP contribution is -2.32. The largest absolute Gasteiger partial charge is 0.380 e. The minimum atomic E-state index is 0.813. The fraction of sp³-hybridized carbons (Fsp3) is 1.00. The van der Waals surface area contributed by atoms with Gasteiger partial charge in [-0.25, -0.2) is 0 Å². The first kappa shape index (κ1) is 16.9. The van der Waals surface area contributed by atoms with Gasteiger partial charge in [-0.05, 0) is 58.7 Å². The fourth-order valence-corrected chi connectivity index (χ4v) is 2.58. The third-order valence-corrected chi connectivity index (χ3v) is 3.76. The van der Waals surface area contributed by atoms with Crippen molar-refractivity contribution >= 4 is 0 Å². The summed E-state index contributed by atoms with van der Waals surface area (Å²) in [5, 5.41) is 3.44. The van der Waals surface area contributed by atoms with Crippen LogP contribution in [0.4, 0.5) is 0 Å². The van der Waals surface area contributed by atoms with Gasteiger partial charge < -0.3 is 14.8 Å². The van der Waals surface area contributed by atoms with Crippen molar-refractivity contribution in [1.82, 2.24) is 10.2 Å². The molecule has 0 aromatic rings. The summed E-state index contributed by atoms with van der Waals surface area (Å²) in [7, 11) is 0. The number of ether oxygens (including phenoxy) is 2. The Morgan fingerprint density at radius 2 is 1.74 bits per heavy atom. The summed E-state index contributed by atoms with van der Waals surface area (Å²) in [5.41, 5.74) is 0. The maximum Gasteiger partial charge on any atom is 0.0593 e. The number of nitrogens with one attached hydrogen (secondary N) is 1. The molecule has 1 atom stereocenters. The molecule has 4 heteroatoms. The van der Waals surface area contributed by atoms with Gasteiger partial charge in [-0.1, -0.05) is 0 Å². The number of hydrogen-bond donors (Lipinski definition) is 1. The molecule has 1 N–H and O–H groups in total. The lowest BCUT2D eigenvalue weighted by molar-refractivity contribution is 0.0816. The number of rotatable bonds is 12. The van der Waals surface area contributed by atoms with Gasteiger partial charge in [-0.3, -0.25) is 4.90 Å². The zero-order valence-electron chi connectivity index (χ0n) is 12.8. The van der Waals surface area contributed by atoms with Crippen LogP contribution in [0.2, 0.25) is 0 Å². The van der Waals surface area contributed by atoms with E-state index in [2.05, 4.69) is 24.1 Å². The van der Waals surface area contributed by atoms with E-state index in [0.717, 1.165) is 45.4 Å². The third kappa shape index (κ3) is 8.58. The second kappa shape index (κ2) is 11.6. The molecular formula is C15H32N2O2. The van der Waals surface area contributed by atoms with Crippen LogP contribution in [-0.4, -0.2) is 64.1 Å². The van der Waals surface area contributed by atoms with Gasteiger partial charge in [-0.15, -0.1) is 0 Å². The molecule has 0 radical (unpaired) electrons. The molecule has 1 aliphatic heterocycles.